The van der Waals surface area contributed by atoms with E-state index in [1.54, 1.807) is 0 Å². The summed E-state index contributed by atoms with van der Waals surface area (Å²) >= 11 is 0. The van der Waals surface area contributed by atoms with Gasteiger partial charge in [0.15, 0.2) is 0 Å². The van der Waals surface area contributed by atoms with Gasteiger partial charge in [-0.1, -0.05) is 121 Å². The zero-order valence-electron chi connectivity index (χ0n) is 17.0. The molecule has 0 N–H and O–H groups in total. The van der Waals surface area contributed by atoms with E-state index in [-0.39, 0.29) is 6.04 Å². The van der Waals surface area contributed by atoms with Crippen molar-refractivity contribution < 1.29 is 0 Å². The third-order valence-corrected chi connectivity index (χ3v) is 5.06. The molecule has 0 fully saturated rings. The quantitative estimate of drug-likeness (QED) is 0.342. The normalized spacial score (nSPS) is 11.5. The Hall–Kier alpha value is -3.60. The van der Waals surface area contributed by atoms with Crippen LogP contribution >= 0.6 is 0 Å². The molecule has 1 nitrogen and oxygen atoms in total. The molecule has 0 aromatic heterocycles. The molecule has 0 saturated heterocycles. The van der Waals surface area contributed by atoms with E-state index < -0.39 is 0 Å². The van der Waals surface area contributed by atoms with Crippen LogP contribution in [0, 0.1) is 11.8 Å². The molecule has 0 heterocycles. The Morgan fingerprint density at radius 3 is 1.47 bits per heavy atom. The van der Waals surface area contributed by atoms with E-state index in [0.717, 1.165) is 18.7 Å². The lowest BCUT2D eigenvalue weighted by molar-refractivity contribution is 0.219. The lowest BCUT2D eigenvalue weighted by atomic mass is 10.0. The summed E-state index contributed by atoms with van der Waals surface area (Å²) in [5.41, 5.74) is 4.83. The lowest BCUT2D eigenvalue weighted by Gasteiger charge is -2.29. The number of rotatable bonds is 6. The molecule has 0 aliphatic carbocycles. The average molecular weight is 388 g/mol. The van der Waals surface area contributed by atoms with Crippen molar-refractivity contribution in [3.63, 3.8) is 0 Å². The number of benzene rings is 4. The monoisotopic (exact) mass is 387 g/mol. The zero-order valence-corrected chi connectivity index (χ0v) is 17.0. The maximum absolute atomic E-state index is 3.57. The zero-order chi connectivity index (χ0) is 20.4. The van der Waals surface area contributed by atoms with Crippen molar-refractivity contribution in [3.05, 3.63) is 144 Å². The van der Waals surface area contributed by atoms with Crippen LogP contribution in [0.15, 0.2) is 121 Å². The van der Waals surface area contributed by atoms with Crippen LogP contribution in [0.3, 0.4) is 0 Å². The highest BCUT2D eigenvalue weighted by Gasteiger charge is 2.19. The Labute approximate surface area is 179 Å². The second-order valence-corrected chi connectivity index (χ2v) is 7.32. The molecule has 0 radical (unpaired) electrons. The molecule has 0 aliphatic heterocycles. The van der Waals surface area contributed by atoms with Crippen molar-refractivity contribution in [2.45, 2.75) is 19.1 Å². The van der Waals surface area contributed by atoms with Crippen LogP contribution in [-0.4, -0.2) is 4.90 Å². The molecule has 0 saturated carbocycles. The maximum atomic E-state index is 3.57. The maximum Gasteiger partial charge on any atom is 0.0980 e. The van der Waals surface area contributed by atoms with E-state index in [1.807, 2.05) is 18.2 Å². The minimum atomic E-state index is -0.00758. The van der Waals surface area contributed by atoms with Crippen molar-refractivity contribution in [2.75, 3.05) is 0 Å². The Morgan fingerprint density at radius 2 is 0.967 bits per heavy atom. The third-order valence-electron chi connectivity index (χ3n) is 5.06. The Morgan fingerprint density at radius 1 is 0.533 bits per heavy atom. The van der Waals surface area contributed by atoms with Gasteiger partial charge in [0.1, 0.15) is 0 Å². The molecule has 0 amide bonds. The van der Waals surface area contributed by atoms with Crippen LogP contribution in [0.5, 0.6) is 0 Å². The summed E-state index contributed by atoms with van der Waals surface area (Å²) in [4.78, 5) is 2.45. The molecule has 4 rings (SSSR count). The van der Waals surface area contributed by atoms with E-state index in [0.29, 0.717) is 0 Å². The van der Waals surface area contributed by atoms with Gasteiger partial charge in [0, 0.05) is 18.7 Å². The summed E-state index contributed by atoms with van der Waals surface area (Å²) in [6, 6.07) is 42.1. The van der Waals surface area contributed by atoms with Gasteiger partial charge in [-0.25, -0.2) is 0 Å². The highest BCUT2D eigenvalue weighted by atomic mass is 15.1. The summed E-state index contributed by atoms with van der Waals surface area (Å²) in [5, 5.41) is 0. The van der Waals surface area contributed by atoms with Gasteiger partial charge >= 0.3 is 0 Å². The standard InChI is InChI=1S/C29H25N/c1-5-13-25(14-6-1)21-22-29(28-19-11-4-12-20-28)30(23-26-15-7-2-8-16-26)24-27-17-9-3-10-18-27/h1-20,29H,23-24H2. The van der Waals surface area contributed by atoms with Gasteiger partial charge in [0.05, 0.1) is 6.04 Å². The minimum Gasteiger partial charge on any atom is -0.277 e. The van der Waals surface area contributed by atoms with E-state index in [2.05, 4.69) is 120 Å². The van der Waals surface area contributed by atoms with E-state index in [4.69, 9.17) is 0 Å². The highest BCUT2D eigenvalue weighted by Crippen LogP contribution is 2.25. The predicted molar refractivity (Wildman–Crippen MR) is 125 cm³/mol. The summed E-state index contributed by atoms with van der Waals surface area (Å²) < 4.78 is 0. The highest BCUT2D eigenvalue weighted by molar-refractivity contribution is 5.38. The van der Waals surface area contributed by atoms with Crippen LogP contribution in [0.25, 0.3) is 0 Å². The second-order valence-electron chi connectivity index (χ2n) is 7.32. The Kier molecular flexibility index (Phi) is 6.74. The topological polar surface area (TPSA) is 3.24 Å². The first-order valence-electron chi connectivity index (χ1n) is 10.3. The fourth-order valence-corrected chi connectivity index (χ4v) is 3.57. The first-order valence-corrected chi connectivity index (χ1v) is 10.3. The number of nitrogens with zero attached hydrogens (tertiary/aromatic N) is 1. The van der Waals surface area contributed by atoms with Crippen molar-refractivity contribution in [2.24, 2.45) is 0 Å². The van der Waals surface area contributed by atoms with Crippen molar-refractivity contribution >= 4 is 0 Å². The SMILES string of the molecule is C(#CC(c1ccccc1)N(Cc1ccccc1)Cc1ccccc1)c1ccccc1. The fraction of sp³-hybridized carbons (Fsp3) is 0.103. The Balaban J connectivity index is 1.72. The molecular formula is C29H25N. The van der Waals surface area contributed by atoms with E-state index >= 15 is 0 Å². The smallest absolute Gasteiger partial charge is 0.0980 e. The van der Waals surface area contributed by atoms with Gasteiger partial charge < -0.3 is 0 Å². The van der Waals surface area contributed by atoms with Crippen LogP contribution in [-0.2, 0) is 13.1 Å². The average Bonchev–Trinajstić information content (AvgIpc) is 2.82. The molecule has 1 heteroatoms. The molecular weight excluding hydrogens is 362 g/mol. The van der Waals surface area contributed by atoms with Crippen LogP contribution < -0.4 is 0 Å². The predicted octanol–water partition coefficient (Wildman–Crippen LogP) is 6.48. The van der Waals surface area contributed by atoms with Gasteiger partial charge in [0.2, 0.25) is 0 Å². The molecule has 30 heavy (non-hydrogen) atoms. The van der Waals surface area contributed by atoms with Crippen molar-refractivity contribution in [1.82, 2.24) is 4.90 Å². The van der Waals surface area contributed by atoms with Gasteiger partial charge in [0.25, 0.3) is 0 Å². The van der Waals surface area contributed by atoms with Gasteiger partial charge in [-0.05, 0) is 28.8 Å². The molecule has 0 aliphatic rings. The summed E-state index contributed by atoms with van der Waals surface area (Å²) in [7, 11) is 0. The molecule has 1 atom stereocenters. The number of hydrogen-bond donors (Lipinski definition) is 0. The fourth-order valence-electron chi connectivity index (χ4n) is 3.57. The minimum absolute atomic E-state index is 0.00758. The Bertz CT molecular complexity index is 1040. The second kappa shape index (κ2) is 10.3. The molecule has 4 aromatic rings. The third kappa shape index (κ3) is 5.47. The van der Waals surface area contributed by atoms with Crippen LogP contribution in [0.4, 0.5) is 0 Å². The van der Waals surface area contributed by atoms with Crippen molar-refractivity contribution in [3.8, 4) is 11.8 Å². The van der Waals surface area contributed by atoms with Gasteiger partial charge in [-0.15, -0.1) is 0 Å². The van der Waals surface area contributed by atoms with Crippen molar-refractivity contribution in [1.29, 1.82) is 0 Å². The molecule has 146 valence electrons. The molecule has 0 spiro atoms. The lowest BCUT2D eigenvalue weighted by Crippen LogP contribution is -2.27. The number of hydrogen-bond acceptors (Lipinski definition) is 1. The molecule has 1 unspecified atom stereocenters. The van der Waals surface area contributed by atoms with E-state index in [1.165, 1.54) is 16.7 Å². The summed E-state index contributed by atoms with van der Waals surface area (Å²) in [6.07, 6.45) is 0. The largest absolute Gasteiger partial charge is 0.277 e. The van der Waals surface area contributed by atoms with E-state index in [9.17, 15) is 0 Å². The first-order chi connectivity index (χ1) is 14.9. The van der Waals surface area contributed by atoms with Crippen LogP contribution in [0.2, 0.25) is 0 Å². The molecule has 4 aromatic carbocycles. The first kappa shape index (κ1) is 19.7. The summed E-state index contributed by atoms with van der Waals surface area (Å²) in [5.74, 6) is 6.97. The molecule has 0 bridgehead atoms. The van der Waals surface area contributed by atoms with Crippen LogP contribution in [0.1, 0.15) is 28.3 Å². The van der Waals surface area contributed by atoms with Gasteiger partial charge in [-0.3, -0.25) is 4.90 Å². The van der Waals surface area contributed by atoms with Gasteiger partial charge in [-0.2, -0.15) is 0 Å². The summed E-state index contributed by atoms with van der Waals surface area (Å²) in [6.45, 7) is 1.66.